The van der Waals surface area contributed by atoms with Gasteiger partial charge < -0.3 is 10.2 Å². The van der Waals surface area contributed by atoms with Crippen molar-refractivity contribution in [1.29, 1.82) is 0 Å². The standard InChI is InChI=1S/C31H40N4O/c1-6-16-34-17-19-35(20-18-34)29-15-14-26(21-32-29)33-31(36)28-9-7-8-27(23(4)5)30(28)25-12-10-24(11-13-25)22(2)3/h7-15,21-23H,6,16-20H2,1-5H3,(H,33,36). The molecule has 0 spiro atoms. The molecule has 2 aromatic carbocycles. The molecule has 1 saturated heterocycles. The fraction of sp³-hybridized carbons (Fsp3) is 0.419. The third kappa shape index (κ3) is 5.96. The van der Waals surface area contributed by atoms with Crippen molar-refractivity contribution < 1.29 is 4.79 Å². The van der Waals surface area contributed by atoms with Crippen molar-refractivity contribution >= 4 is 17.4 Å². The molecule has 1 fully saturated rings. The molecule has 2 heterocycles. The molecule has 5 nitrogen and oxygen atoms in total. The molecule has 4 rings (SSSR count). The van der Waals surface area contributed by atoms with Gasteiger partial charge in [0.25, 0.3) is 5.91 Å². The van der Waals surface area contributed by atoms with Gasteiger partial charge in [0.15, 0.2) is 0 Å². The van der Waals surface area contributed by atoms with Crippen LogP contribution in [0.25, 0.3) is 11.1 Å². The molecule has 36 heavy (non-hydrogen) atoms. The van der Waals surface area contributed by atoms with E-state index in [1.165, 1.54) is 17.5 Å². The van der Waals surface area contributed by atoms with Crippen molar-refractivity contribution in [2.75, 3.05) is 42.9 Å². The summed E-state index contributed by atoms with van der Waals surface area (Å²) >= 11 is 0. The lowest BCUT2D eigenvalue weighted by atomic mass is 9.87. The molecule has 0 bridgehead atoms. The van der Waals surface area contributed by atoms with Crippen LogP contribution in [0.2, 0.25) is 0 Å². The van der Waals surface area contributed by atoms with Crippen LogP contribution in [0.15, 0.2) is 60.8 Å². The number of amides is 1. The monoisotopic (exact) mass is 484 g/mol. The number of piperazine rings is 1. The smallest absolute Gasteiger partial charge is 0.256 e. The molecule has 0 unspecified atom stereocenters. The highest BCUT2D eigenvalue weighted by Gasteiger charge is 2.20. The van der Waals surface area contributed by atoms with Gasteiger partial charge >= 0.3 is 0 Å². The van der Waals surface area contributed by atoms with Crippen molar-refractivity contribution in [3.8, 4) is 11.1 Å². The minimum absolute atomic E-state index is 0.108. The Hall–Kier alpha value is -3.18. The van der Waals surface area contributed by atoms with Crippen LogP contribution in [0.4, 0.5) is 11.5 Å². The molecule has 1 aliphatic rings. The van der Waals surface area contributed by atoms with Gasteiger partial charge in [-0.3, -0.25) is 9.69 Å². The van der Waals surface area contributed by atoms with E-state index < -0.39 is 0 Å². The van der Waals surface area contributed by atoms with E-state index >= 15 is 0 Å². The number of carbonyl (C=O) groups is 1. The first-order valence-corrected chi connectivity index (χ1v) is 13.3. The Morgan fingerprint density at radius 3 is 2.22 bits per heavy atom. The molecule has 0 aliphatic carbocycles. The maximum atomic E-state index is 13.5. The summed E-state index contributed by atoms with van der Waals surface area (Å²) in [5, 5.41) is 3.09. The molecule has 0 saturated carbocycles. The number of anilines is 2. The molecular weight excluding hydrogens is 444 g/mol. The van der Waals surface area contributed by atoms with Gasteiger partial charge in [-0.15, -0.1) is 0 Å². The predicted molar refractivity (Wildman–Crippen MR) is 151 cm³/mol. The Kier molecular flexibility index (Phi) is 8.42. The Bertz CT molecular complexity index is 1140. The van der Waals surface area contributed by atoms with Crippen LogP contribution in [0.5, 0.6) is 0 Å². The normalized spacial score (nSPS) is 14.5. The molecule has 1 aromatic heterocycles. The van der Waals surface area contributed by atoms with E-state index in [0.717, 1.165) is 49.7 Å². The highest BCUT2D eigenvalue weighted by atomic mass is 16.1. The fourth-order valence-corrected chi connectivity index (χ4v) is 4.96. The summed E-state index contributed by atoms with van der Waals surface area (Å²) in [6, 6.07) is 18.6. The van der Waals surface area contributed by atoms with Crippen molar-refractivity contribution in [2.24, 2.45) is 0 Å². The highest BCUT2D eigenvalue weighted by Crippen LogP contribution is 2.34. The summed E-state index contributed by atoms with van der Waals surface area (Å²) in [7, 11) is 0. The number of pyridine rings is 1. The lowest BCUT2D eigenvalue weighted by molar-refractivity contribution is 0.102. The number of hydrogen-bond acceptors (Lipinski definition) is 4. The zero-order valence-electron chi connectivity index (χ0n) is 22.4. The van der Waals surface area contributed by atoms with Gasteiger partial charge in [0, 0.05) is 31.7 Å². The molecule has 190 valence electrons. The van der Waals surface area contributed by atoms with E-state index in [4.69, 9.17) is 0 Å². The van der Waals surface area contributed by atoms with Crippen LogP contribution in [0.1, 0.15) is 74.4 Å². The first kappa shape index (κ1) is 25.9. The first-order chi connectivity index (χ1) is 17.4. The molecular formula is C31H40N4O. The summed E-state index contributed by atoms with van der Waals surface area (Å²) in [6.45, 7) is 16.2. The minimum Gasteiger partial charge on any atom is -0.354 e. The van der Waals surface area contributed by atoms with Crippen LogP contribution in [-0.2, 0) is 0 Å². The average Bonchev–Trinajstić information content (AvgIpc) is 2.89. The van der Waals surface area contributed by atoms with Crippen molar-refractivity contribution in [3.05, 3.63) is 77.5 Å². The average molecular weight is 485 g/mol. The number of hydrogen-bond donors (Lipinski definition) is 1. The Balaban J connectivity index is 1.53. The second-order valence-corrected chi connectivity index (χ2v) is 10.4. The summed E-state index contributed by atoms with van der Waals surface area (Å²) in [5.41, 5.74) is 5.96. The van der Waals surface area contributed by atoms with Crippen LogP contribution >= 0.6 is 0 Å². The quantitative estimate of drug-likeness (QED) is 0.383. The van der Waals surface area contributed by atoms with E-state index in [1.54, 1.807) is 6.20 Å². The first-order valence-electron chi connectivity index (χ1n) is 13.3. The van der Waals surface area contributed by atoms with Gasteiger partial charge in [0.1, 0.15) is 5.82 Å². The highest BCUT2D eigenvalue weighted by molar-refractivity contribution is 6.09. The largest absolute Gasteiger partial charge is 0.354 e. The molecule has 0 atom stereocenters. The van der Waals surface area contributed by atoms with Crippen molar-refractivity contribution in [1.82, 2.24) is 9.88 Å². The Morgan fingerprint density at radius 1 is 0.917 bits per heavy atom. The lowest BCUT2D eigenvalue weighted by Crippen LogP contribution is -2.46. The summed E-state index contributed by atoms with van der Waals surface area (Å²) < 4.78 is 0. The molecule has 5 heteroatoms. The van der Waals surface area contributed by atoms with Crippen LogP contribution in [-0.4, -0.2) is 48.5 Å². The van der Waals surface area contributed by atoms with E-state index in [-0.39, 0.29) is 5.91 Å². The number of rotatable bonds is 8. The van der Waals surface area contributed by atoms with Crippen molar-refractivity contribution in [3.63, 3.8) is 0 Å². The van der Waals surface area contributed by atoms with E-state index in [1.807, 2.05) is 24.3 Å². The third-order valence-corrected chi connectivity index (χ3v) is 7.07. The van der Waals surface area contributed by atoms with Crippen LogP contribution in [0.3, 0.4) is 0 Å². The number of aromatic nitrogens is 1. The SMILES string of the molecule is CCCN1CCN(c2ccc(NC(=O)c3cccc(C(C)C)c3-c3ccc(C(C)C)cc3)cn2)CC1. The Morgan fingerprint density at radius 2 is 1.64 bits per heavy atom. The van der Waals surface area contributed by atoms with Gasteiger partial charge in [-0.25, -0.2) is 4.98 Å². The Labute approximate surface area is 216 Å². The summed E-state index contributed by atoms with van der Waals surface area (Å²) in [4.78, 5) is 23.0. The van der Waals surface area contributed by atoms with Gasteiger partial charge in [-0.1, -0.05) is 71.0 Å². The van der Waals surface area contributed by atoms with Crippen LogP contribution < -0.4 is 10.2 Å². The topological polar surface area (TPSA) is 48.5 Å². The van der Waals surface area contributed by atoms with Gasteiger partial charge in [-0.2, -0.15) is 0 Å². The maximum absolute atomic E-state index is 13.5. The van der Waals surface area contributed by atoms with Gasteiger partial charge in [-0.05, 0) is 65.3 Å². The second-order valence-electron chi connectivity index (χ2n) is 10.4. The minimum atomic E-state index is -0.108. The van der Waals surface area contributed by atoms with E-state index in [2.05, 4.69) is 85.1 Å². The number of nitrogens with one attached hydrogen (secondary N) is 1. The summed E-state index contributed by atoms with van der Waals surface area (Å²) in [5.74, 6) is 1.63. The number of benzene rings is 2. The van der Waals surface area contributed by atoms with Crippen LogP contribution in [0, 0.1) is 0 Å². The predicted octanol–water partition coefficient (Wildman–Crippen LogP) is 6.78. The fourth-order valence-electron chi connectivity index (χ4n) is 4.96. The second kappa shape index (κ2) is 11.7. The lowest BCUT2D eigenvalue weighted by Gasteiger charge is -2.35. The zero-order valence-corrected chi connectivity index (χ0v) is 22.4. The molecule has 1 N–H and O–H groups in total. The third-order valence-electron chi connectivity index (χ3n) is 7.07. The zero-order chi connectivity index (χ0) is 25.7. The molecule has 3 aromatic rings. The number of carbonyl (C=O) groups excluding carboxylic acids is 1. The molecule has 1 aliphatic heterocycles. The van der Waals surface area contributed by atoms with Gasteiger partial charge in [0.05, 0.1) is 11.9 Å². The maximum Gasteiger partial charge on any atom is 0.256 e. The molecule has 0 radical (unpaired) electrons. The van der Waals surface area contributed by atoms with E-state index in [0.29, 0.717) is 23.1 Å². The number of nitrogens with zero attached hydrogens (tertiary/aromatic N) is 3. The van der Waals surface area contributed by atoms with Crippen molar-refractivity contribution in [2.45, 2.75) is 52.9 Å². The van der Waals surface area contributed by atoms with Gasteiger partial charge in [0.2, 0.25) is 0 Å². The summed E-state index contributed by atoms with van der Waals surface area (Å²) in [6.07, 6.45) is 2.97. The molecule has 1 amide bonds. The van der Waals surface area contributed by atoms with E-state index in [9.17, 15) is 4.79 Å².